The van der Waals surface area contributed by atoms with E-state index in [2.05, 4.69) is 6.58 Å². The van der Waals surface area contributed by atoms with Crippen molar-refractivity contribution in [1.82, 2.24) is 0 Å². The lowest BCUT2D eigenvalue weighted by molar-refractivity contribution is -0.0188. The van der Waals surface area contributed by atoms with Crippen molar-refractivity contribution in [2.24, 2.45) is 0 Å². The molecule has 0 amide bonds. The highest BCUT2D eigenvalue weighted by molar-refractivity contribution is 4.92. The van der Waals surface area contributed by atoms with Gasteiger partial charge < -0.3 is 9.47 Å². The molecule has 2 nitrogen and oxygen atoms in total. The predicted molar refractivity (Wildman–Crippen MR) is 39.6 cm³/mol. The van der Waals surface area contributed by atoms with Gasteiger partial charge in [0, 0.05) is 6.42 Å². The van der Waals surface area contributed by atoms with Crippen LogP contribution in [0.15, 0.2) is 25.0 Å². The van der Waals surface area contributed by atoms with Gasteiger partial charge in [-0.15, -0.1) is 0 Å². The monoisotopic (exact) mass is 140 g/mol. The zero-order chi connectivity index (χ0) is 7.23. The summed E-state index contributed by atoms with van der Waals surface area (Å²) < 4.78 is 10.0. The SMILES string of the molecule is C=COCC=CC1CCO1. The molecule has 1 aliphatic rings. The van der Waals surface area contributed by atoms with Crippen LogP contribution in [0.4, 0.5) is 0 Å². The predicted octanol–water partition coefficient (Wildman–Crippen LogP) is 1.49. The van der Waals surface area contributed by atoms with Crippen LogP contribution < -0.4 is 0 Å². The number of rotatable bonds is 4. The molecule has 0 aromatic heterocycles. The minimum Gasteiger partial charge on any atom is -0.498 e. The Morgan fingerprint density at radius 1 is 1.70 bits per heavy atom. The summed E-state index contributed by atoms with van der Waals surface area (Å²) >= 11 is 0. The van der Waals surface area contributed by atoms with Crippen LogP contribution in [-0.4, -0.2) is 19.3 Å². The largest absolute Gasteiger partial charge is 0.498 e. The summed E-state index contributed by atoms with van der Waals surface area (Å²) in [5, 5.41) is 0. The van der Waals surface area contributed by atoms with Crippen molar-refractivity contribution in [3.8, 4) is 0 Å². The smallest absolute Gasteiger partial charge is 0.106 e. The van der Waals surface area contributed by atoms with Crippen LogP contribution >= 0.6 is 0 Å². The van der Waals surface area contributed by atoms with E-state index in [1.54, 1.807) is 0 Å². The zero-order valence-corrected chi connectivity index (χ0v) is 5.95. The molecule has 1 unspecified atom stereocenters. The van der Waals surface area contributed by atoms with Gasteiger partial charge in [0.1, 0.15) is 6.61 Å². The molecule has 0 aliphatic carbocycles. The summed E-state index contributed by atoms with van der Waals surface area (Å²) in [4.78, 5) is 0. The molecular formula is C8H12O2. The molecule has 1 atom stereocenters. The van der Waals surface area contributed by atoms with E-state index in [9.17, 15) is 0 Å². The molecule has 10 heavy (non-hydrogen) atoms. The minimum atomic E-state index is 0.341. The maximum absolute atomic E-state index is 5.14. The highest BCUT2D eigenvalue weighted by Gasteiger charge is 2.13. The van der Waals surface area contributed by atoms with Crippen molar-refractivity contribution in [3.05, 3.63) is 25.0 Å². The Labute approximate surface area is 61.1 Å². The number of hydrogen-bond donors (Lipinski definition) is 0. The average Bonchev–Trinajstić information content (AvgIpc) is 1.84. The van der Waals surface area contributed by atoms with Crippen LogP contribution in [0.1, 0.15) is 6.42 Å². The van der Waals surface area contributed by atoms with Gasteiger partial charge in [0.15, 0.2) is 0 Å². The lowest BCUT2D eigenvalue weighted by atomic mass is 10.2. The Morgan fingerprint density at radius 3 is 3.00 bits per heavy atom. The molecule has 1 aliphatic heterocycles. The standard InChI is InChI=1S/C8H12O2/c1-2-9-6-3-4-8-5-7-10-8/h2-4,8H,1,5-7H2. The minimum absolute atomic E-state index is 0.341. The van der Waals surface area contributed by atoms with E-state index in [0.29, 0.717) is 12.7 Å². The van der Waals surface area contributed by atoms with E-state index >= 15 is 0 Å². The molecule has 1 heterocycles. The second kappa shape index (κ2) is 4.12. The molecule has 0 aromatic rings. The van der Waals surface area contributed by atoms with Crippen LogP contribution in [0.3, 0.4) is 0 Å². The highest BCUT2D eigenvalue weighted by atomic mass is 16.5. The van der Waals surface area contributed by atoms with Crippen LogP contribution in [0.25, 0.3) is 0 Å². The molecule has 1 fully saturated rings. The first-order valence-electron chi connectivity index (χ1n) is 3.44. The van der Waals surface area contributed by atoms with E-state index in [0.717, 1.165) is 13.0 Å². The number of hydrogen-bond acceptors (Lipinski definition) is 2. The van der Waals surface area contributed by atoms with Crippen molar-refractivity contribution in [1.29, 1.82) is 0 Å². The third-order valence-corrected chi connectivity index (χ3v) is 1.40. The van der Waals surface area contributed by atoms with E-state index in [-0.39, 0.29) is 0 Å². The first-order chi connectivity index (χ1) is 4.93. The highest BCUT2D eigenvalue weighted by Crippen LogP contribution is 2.11. The van der Waals surface area contributed by atoms with Crippen molar-refractivity contribution < 1.29 is 9.47 Å². The molecule has 0 radical (unpaired) electrons. The van der Waals surface area contributed by atoms with Gasteiger partial charge in [-0.1, -0.05) is 12.7 Å². The molecule has 0 bridgehead atoms. The molecule has 0 N–H and O–H groups in total. The molecule has 0 spiro atoms. The zero-order valence-electron chi connectivity index (χ0n) is 5.95. The second-order valence-corrected chi connectivity index (χ2v) is 2.13. The van der Waals surface area contributed by atoms with Crippen molar-refractivity contribution >= 4 is 0 Å². The molecule has 0 saturated carbocycles. The Balaban J connectivity index is 1.98. The third-order valence-electron chi connectivity index (χ3n) is 1.40. The number of ether oxygens (including phenoxy) is 2. The summed E-state index contributed by atoms with van der Waals surface area (Å²) in [7, 11) is 0. The topological polar surface area (TPSA) is 18.5 Å². The van der Waals surface area contributed by atoms with Gasteiger partial charge in [-0.25, -0.2) is 0 Å². The summed E-state index contributed by atoms with van der Waals surface area (Å²) in [5.74, 6) is 0. The Bertz CT molecular complexity index is 125. The summed E-state index contributed by atoms with van der Waals surface area (Å²) in [6, 6.07) is 0. The third kappa shape index (κ3) is 2.23. The second-order valence-electron chi connectivity index (χ2n) is 2.13. The molecule has 56 valence electrons. The van der Waals surface area contributed by atoms with Gasteiger partial charge in [-0.3, -0.25) is 0 Å². The van der Waals surface area contributed by atoms with Crippen molar-refractivity contribution in [2.75, 3.05) is 13.2 Å². The van der Waals surface area contributed by atoms with Gasteiger partial charge in [0.25, 0.3) is 0 Å². The maximum atomic E-state index is 5.14. The van der Waals surface area contributed by atoms with E-state index < -0.39 is 0 Å². The average molecular weight is 140 g/mol. The first kappa shape index (κ1) is 7.35. The van der Waals surface area contributed by atoms with E-state index in [1.807, 2.05) is 12.2 Å². The molecule has 1 saturated heterocycles. The van der Waals surface area contributed by atoms with Crippen molar-refractivity contribution in [3.63, 3.8) is 0 Å². The van der Waals surface area contributed by atoms with Gasteiger partial charge in [0.05, 0.1) is 19.0 Å². The van der Waals surface area contributed by atoms with Gasteiger partial charge >= 0.3 is 0 Å². The van der Waals surface area contributed by atoms with Gasteiger partial charge in [-0.2, -0.15) is 0 Å². The fourth-order valence-electron chi connectivity index (χ4n) is 0.737. The van der Waals surface area contributed by atoms with E-state index in [1.165, 1.54) is 6.26 Å². The van der Waals surface area contributed by atoms with Crippen LogP contribution in [0.2, 0.25) is 0 Å². The fourth-order valence-corrected chi connectivity index (χ4v) is 0.737. The van der Waals surface area contributed by atoms with Crippen molar-refractivity contribution in [2.45, 2.75) is 12.5 Å². The van der Waals surface area contributed by atoms with Crippen LogP contribution in [-0.2, 0) is 9.47 Å². The molecule has 2 heteroatoms. The van der Waals surface area contributed by atoms with Crippen LogP contribution in [0.5, 0.6) is 0 Å². The summed E-state index contributed by atoms with van der Waals surface area (Å²) in [5.41, 5.74) is 0. The van der Waals surface area contributed by atoms with Crippen LogP contribution in [0, 0.1) is 0 Å². The van der Waals surface area contributed by atoms with Gasteiger partial charge in [-0.05, 0) is 6.08 Å². The Hall–Kier alpha value is -0.760. The van der Waals surface area contributed by atoms with E-state index in [4.69, 9.17) is 9.47 Å². The summed E-state index contributed by atoms with van der Waals surface area (Å²) in [6.07, 6.45) is 6.89. The Morgan fingerprint density at radius 2 is 2.50 bits per heavy atom. The van der Waals surface area contributed by atoms with Gasteiger partial charge in [0.2, 0.25) is 0 Å². The maximum Gasteiger partial charge on any atom is 0.106 e. The molecule has 1 rings (SSSR count). The quantitative estimate of drug-likeness (QED) is 0.334. The molecular weight excluding hydrogens is 128 g/mol. The first-order valence-corrected chi connectivity index (χ1v) is 3.44. The lowest BCUT2D eigenvalue weighted by Gasteiger charge is -2.22. The fraction of sp³-hybridized carbons (Fsp3) is 0.500. The summed E-state index contributed by atoms with van der Waals surface area (Å²) in [6.45, 7) is 4.92. The lowest BCUT2D eigenvalue weighted by Crippen LogP contribution is -2.24. The Kier molecular flexibility index (Phi) is 3.03. The molecule has 0 aromatic carbocycles. The normalized spacial score (nSPS) is 24.2.